The van der Waals surface area contributed by atoms with E-state index in [-0.39, 0.29) is 11.8 Å². The Labute approximate surface area is 260 Å². The van der Waals surface area contributed by atoms with Crippen molar-refractivity contribution in [2.75, 3.05) is 22.1 Å². The van der Waals surface area contributed by atoms with Crippen molar-refractivity contribution in [1.29, 1.82) is 0 Å². The van der Waals surface area contributed by atoms with E-state index in [0.717, 1.165) is 21.5 Å². The zero-order chi connectivity index (χ0) is 30.6. The van der Waals surface area contributed by atoms with Gasteiger partial charge in [0.2, 0.25) is 22.1 Å². The molecule has 0 unspecified atom stereocenters. The Hall–Kier alpha value is -4.21. The number of hydrogen-bond donors (Lipinski definition) is 4. The number of carbonyl (C=O) groups is 4. The van der Waals surface area contributed by atoms with E-state index in [2.05, 4.69) is 41.7 Å². The summed E-state index contributed by atoms with van der Waals surface area (Å²) in [6.07, 6.45) is 1.35. The van der Waals surface area contributed by atoms with Gasteiger partial charge in [0.05, 0.1) is 0 Å². The Kier molecular flexibility index (Phi) is 11.7. The maximum absolute atomic E-state index is 12.9. The van der Waals surface area contributed by atoms with E-state index < -0.39 is 23.9 Å². The Morgan fingerprint density at radius 2 is 1.05 bits per heavy atom. The molecule has 0 spiro atoms. The minimum absolute atomic E-state index is 0.313. The van der Waals surface area contributed by atoms with Crippen LogP contribution in [0.5, 0.6) is 0 Å². The van der Waals surface area contributed by atoms with Crippen LogP contribution in [0.4, 0.5) is 10.3 Å². The van der Waals surface area contributed by atoms with E-state index in [1.165, 1.54) is 36.5 Å². The van der Waals surface area contributed by atoms with Gasteiger partial charge in [-0.1, -0.05) is 83.3 Å². The first-order valence-corrected chi connectivity index (χ1v) is 16.1. The molecule has 0 aliphatic heterocycles. The zero-order valence-corrected chi connectivity index (χ0v) is 25.9. The molecule has 12 nitrogen and oxygen atoms in total. The number of benzene rings is 2. The van der Waals surface area contributed by atoms with Gasteiger partial charge in [-0.3, -0.25) is 29.8 Å². The summed E-state index contributed by atoms with van der Waals surface area (Å²) in [7, 11) is 0. The smallest absolute Gasteiger partial charge is 0.253 e. The van der Waals surface area contributed by atoms with Gasteiger partial charge in [-0.15, -0.1) is 20.4 Å². The number of aromatic nitrogens is 4. The van der Waals surface area contributed by atoms with E-state index in [0.29, 0.717) is 34.2 Å². The molecule has 4 aromatic rings. The molecule has 43 heavy (non-hydrogen) atoms. The number of carbonyl (C=O) groups excluding carboxylic acids is 4. The molecule has 0 fully saturated rings. The summed E-state index contributed by atoms with van der Waals surface area (Å²) >= 11 is 4.30. The van der Waals surface area contributed by atoms with Gasteiger partial charge in [-0.2, -0.15) is 11.8 Å². The van der Waals surface area contributed by atoms with E-state index in [1.54, 1.807) is 60.3 Å². The van der Waals surface area contributed by atoms with Gasteiger partial charge in [0.15, 0.2) is 0 Å². The minimum atomic E-state index is -0.835. The van der Waals surface area contributed by atoms with Gasteiger partial charge in [0.25, 0.3) is 11.8 Å². The monoisotopic (exact) mass is 638 g/mol. The SMILES string of the molecule is CC(=O)N[C@@H](C(=O)Nc1nnc(CCSCCc2nnc(NC(=O)[C@H](NC(C)=O)c3ccccc3)s2)s1)c1ccccc1. The van der Waals surface area contributed by atoms with E-state index in [4.69, 9.17) is 0 Å². The normalized spacial score (nSPS) is 12.1. The average molecular weight is 639 g/mol. The lowest BCUT2D eigenvalue weighted by Crippen LogP contribution is -2.35. The standard InChI is InChI=1S/C28H30N8O4S3/c1-17(37)29-23(19-9-5-3-6-10-19)25(39)31-27-35-33-21(42-27)13-15-41-16-14-22-34-36-28(43-22)32-26(40)24(30-18(2)38)20-11-7-4-8-12-20/h3-12,23-24H,13-16H2,1-2H3,(H,29,37)(H,30,38)(H,31,35,39)(H,32,36,40)/t23-,24-/m1/s1. The van der Waals surface area contributed by atoms with Gasteiger partial charge >= 0.3 is 0 Å². The second kappa shape index (κ2) is 15.9. The van der Waals surface area contributed by atoms with Crippen LogP contribution >= 0.6 is 34.4 Å². The minimum Gasteiger partial charge on any atom is -0.341 e. The Bertz CT molecular complexity index is 1420. The number of rotatable bonds is 14. The van der Waals surface area contributed by atoms with Crippen LogP contribution in [0.1, 0.15) is 47.1 Å². The summed E-state index contributed by atoms with van der Waals surface area (Å²) in [5.41, 5.74) is 1.34. The first-order valence-electron chi connectivity index (χ1n) is 13.3. The van der Waals surface area contributed by atoms with Crippen molar-refractivity contribution < 1.29 is 19.2 Å². The number of nitrogens with zero attached hydrogens (tertiary/aromatic N) is 4. The highest BCUT2D eigenvalue weighted by Gasteiger charge is 2.24. The first-order chi connectivity index (χ1) is 20.8. The van der Waals surface area contributed by atoms with Crippen LogP contribution in [0.2, 0.25) is 0 Å². The lowest BCUT2D eigenvalue weighted by atomic mass is 10.1. The van der Waals surface area contributed by atoms with E-state index in [9.17, 15) is 19.2 Å². The van der Waals surface area contributed by atoms with Gasteiger partial charge in [0, 0.05) is 26.7 Å². The summed E-state index contributed by atoms with van der Waals surface area (Å²) in [6.45, 7) is 2.73. The van der Waals surface area contributed by atoms with Crippen molar-refractivity contribution in [2.45, 2.75) is 38.8 Å². The fourth-order valence-corrected chi connectivity index (χ4v) is 6.51. The molecular formula is C28H30N8O4S3. The van der Waals surface area contributed by atoms with Crippen molar-refractivity contribution in [3.63, 3.8) is 0 Å². The molecule has 4 N–H and O–H groups in total. The summed E-state index contributed by atoms with van der Waals surface area (Å²) < 4.78 is 0. The number of amides is 4. The molecule has 2 aromatic carbocycles. The topological polar surface area (TPSA) is 168 Å². The van der Waals surface area contributed by atoms with Crippen LogP contribution in [0, 0.1) is 0 Å². The fraction of sp³-hybridized carbons (Fsp3) is 0.286. The molecule has 0 bridgehead atoms. The third-order valence-electron chi connectivity index (χ3n) is 5.80. The number of anilines is 2. The van der Waals surface area contributed by atoms with Crippen LogP contribution in [-0.2, 0) is 32.0 Å². The van der Waals surface area contributed by atoms with Crippen LogP contribution in [0.15, 0.2) is 60.7 Å². The number of nitrogens with one attached hydrogen (secondary N) is 4. The summed E-state index contributed by atoms with van der Waals surface area (Å²) in [6, 6.07) is 16.3. The van der Waals surface area contributed by atoms with Crippen molar-refractivity contribution in [3.8, 4) is 0 Å². The number of hydrogen-bond acceptors (Lipinski definition) is 11. The molecule has 15 heteroatoms. The number of aryl methyl sites for hydroxylation is 2. The Balaban J connectivity index is 1.20. The lowest BCUT2D eigenvalue weighted by molar-refractivity contribution is -0.125. The third kappa shape index (κ3) is 9.94. The van der Waals surface area contributed by atoms with E-state index in [1.807, 2.05) is 12.1 Å². The molecule has 0 saturated heterocycles. The second-order valence-corrected chi connectivity index (χ2v) is 12.5. The maximum atomic E-state index is 12.9. The number of thioether (sulfide) groups is 1. The van der Waals surface area contributed by atoms with Crippen LogP contribution in [0.25, 0.3) is 0 Å². The average Bonchev–Trinajstić information content (AvgIpc) is 3.64. The van der Waals surface area contributed by atoms with Crippen LogP contribution in [-0.4, -0.2) is 55.5 Å². The van der Waals surface area contributed by atoms with Crippen LogP contribution < -0.4 is 21.3 Å². The molecule has 4 amide bonds. The lowest BCUT2D eigenvalue weighted by Gasteiger charge is -2.16. The molecule has 0 radical (unpaired) electrons. The summed E-state index contributed by atoms with van der Waals surface area (Å²) in [5.74, 6) is 0.172. The van der Waals surface area contributed by atoms with Gasteiger partial charge < -0.3 is 10.6 Å². The molecule has 224 valence electrons. The largest absolute Gasteiger partial charge is 0.341 e. The molecule has 0 aliphatic carbocycles. The molecule has 0 saturated carbocycles. The molecule has 0 aliphatic rings. The van der Waals surface area contributed by atoms with Gasteiger partial charge in [0.1, 0.15) is 22.1 Å². The highest BCUT2D eigenvalue weighted by atomic mass is 32.2. The Morgan fingerprint density at radius 3 is 1.42 bits per heavy atom. The molecular weight excluding hydrogens is 609 g/mol. The fourth-order valence-electron chi connectivity index (χ4n) is 3.88. The van der Waals surface area contributed by atoms with Gasteiger partial charge in [-0.05, 0) is 22.6 Å². The summed E-state index contributed by atoms with van der Waals surface area (Å²) in [5, 5.41) is 29.6. The highest BCUT2D eigenvalue weighted by molar-refractivity contribution is 7.99. The van der Waals surface area contributed by atoms with Crippen LogP contribution in [0.3, 0.4) is 0 Å². The molecule has 2 heterocycles. The highest BCUT2D eigenvalue weighted by Crippen LogP contribution is 2.23. The van der Waals surface area contributed by atoms with Crippen molar-refractivity contribution in [3.05, 3.63) is 81.8 Å². The molecule has 4 rings (SSSR count). The second-order valence-electron chi connectivity index (χ2n) is 9.18. The van der Waals surface area contributed by atoms with Gasteiger partial charge in [-0.25, -0.2) is 0 Å². The van der Waals surface area contributed by atoms with Crippen molar-refractivity contribution >= 4 is 68.3 Å². The maximum Gasteiger partial charge on any atom is 0.253 e. The van der Waals surface area contributed by atoms with Crippen molar-refractivity contribution in [2.24, 2.45) is 0 Å². The molecule has 2 atom stereocenters. The predicted molar refractivity (Wildman–Crippen MR) is 168 cm³/mol. The predicted octanol–water partition coefficient (Wildman–Crippen LogP) is 3.54. The summed E-state index contributed by atoms with van der Waals surface area (Å²) in [4.78, 5) is 49.0. The van der Waals surface area contributed by atoms with Crippen molar-refractivity contribution in [1.82, 2.24) is 31.0 Å². The molecule has 2 aromatic heterocycles. The quantitative estimate of drug-likeness (QED) is 0.151. The van der Waals surface area contributed by atoms with E-state index >= 15 is 0 Å². The Morgan fingerprint density at radius 1 is 0.651 bits per heavy atom. The zero-order valence-electron chi connectivity index (χ0n) is 23.4. The first kappa shape index (κ1) is 31.7. The third-order valence-corrected chi connectivity index (χ3v) is 8.58.